The molecule has 1 fully saturated rings. The number of nitrogen functional groups attached to an aromatic ring is 1. The summed E-state index contributed by atoms with van der Waals surface area (Å²) in [6.45, 7) is 0.855. The van der Waals surface area contributed by atoms with Crippen molar-refractivity contribution in [2.24, 2.45) is 0 Å². The Bertz CT molecular complexity index is 554. The lowest BCUT2D eigenvalue weighted by Crippen LogP contribution is -2.47. The van der Waals surface area contributed by atoms with Crippen LogP contribution in [0.5, 0.6) is 0 Å². The summed E-state index contributed by atoms with van der Waals surface area (Å²) >= 11 is 0. The monoisotopic (exact) mass is 302 g/mol. The highest BCUT2D eigenvalue weighted by molar-refractivity contribution is 7.89. The van der Waals surface area contributed by atoms with Crippen LogP contribution in [-0.2, 0) is 14.8 Å². The van der Waals surface area contributed by atoms with E-state index in [1.807, 2.05) is 0 Å². The van der Waals surface area contributed by atoms with Gasteiger partial charge in [0.05, 0.1) is 18.0 Å². The SMILES string of the molecule is CN(CC1(O)CCOCC1)S(=O)(=O)c1cnc(N)nc1. The lowest BCUT2D eigenvalue weighted by Gasteiger charge is -2.34. The first-order chi connectivity index (χ1) is 9.33. The molecule has 0 spiro atoms. The first kappa shape index (κ1) is 15.1. The van der Waals surface area contributed by atoms with Gasteiger partial charge in [0.2, 0.25) is 16.0 Å². The quantitative estimate of drug-likeness (QED) is 0.749. The molecule has 112 valence electrons. The molecule has 0 aliphatic carbocycles. The van der Waals surface area contributed by atoms with E-state index in [-0.39, 0.29) is 17.4 Å². The van der Waals surface area contributed by atoms with Crippen molar-refractivity contribution in [2.45, 2.75) is 23.3 Å². The second-order valence-electron chi connectivity index (χ2n) is 4.87. The zero-order valence-corrected chi connectivity index (χ0v) is 12.0. The summed E-state index contributed by atoms with van der Waals surface area (Å²) in [6, 6.07) is 0. The molecule has 1 aliphatic heterocycles. The number of aromatic nitrogens is 2. The van der Waals surface area contributed by atoms with Gasteiger partial charge in [0, 0.05) is 39.6 Å². The Morgan fingerprint density at radius 3 is 2.50 bits per heavy atom. The van der Waals surface area contributed by atoms with E-state index in [0.29, 0.717) is 26.1 Å². The molecule has 2 rings (SSSR count). The number of sulfonamides is 1. The highest BCUT2D eigenvalue weighted by Crippen LogP contribution is 2.24. The maximum Gasteiger partial charge on any atom is 0.245 e. The Morgan fingerprint density at radius 1 is 1.40 bits per heavy atom. The van der Waals surface area contributed by atoms with Crippen LogP contribution < -0.4 is 5.73 Å². The average Bonchev–Trinajstić information content (AvgIpc) is 2.39. The Hall–Kier alpha value is -1.29. The van der Waals surface area contributed by atoms with Crippen LogP contribution in [0.4, 0.5) is 5.95 Å². The second kappa shape index (κ2) is 5.60. The minimum absolute atomic E-state index is 0.00305. The van der Waals surface area contributed by atoms with E-state index in [4.69, 9.17) is 10.5 Å². The van der Waals surface area contributed by atoms with Crippen LogP contribution in [-0.4, -0.2) is 60.2 Å². The number of rotatable bonds is 4. The van der Waals surface area contributed by atoms with Gasteiger partial charge in [-0.2, -0.15) is 4.31 Å². The minimum atomic E-state index is -3.74. The zero-order chi connectivity index (χ0) is 14.8. The van der Waals surface area contributed by atoms with E-state index in [2.05, 4.69) is 9.97 Å². The van der Waals surface area contributed by atoms with E-state index in [9.17, 15) is 13.5 Å². The smallest absolute Gasteiger partial charge is 0.245 e. The topological polar surface area (TPSA) is 119 Å². The molecule has 0 saturated carbocycles. The summed E-state index contributed by atoms with van der Waals surface area (Å²) in [5.74, 6) is 0.00895. The Labute approximate surface area is 117 Å². The highest BCUT2D eigenvalue weighted by atomic mass is 32.2. The first-order valence-corrected chi connectivity index (χ1v) is 7.61. The van der Waals surface area contributed by atoms with Crippen LogP contribution in [0.15, 0.2) is 17.3 Å². The molecule has 9 heteroatoms. The normalized spacial score (nSPS) is 19.1. The molecule has 1 aromatic heterocycles. The molecule has 0 radical (unpaired) electrons. The molecule has 0 atom stereocenters. The minimum Gasteiger partial charge on any atom is -0.388 e. The fourth-order valence-electron chi connectivity index (χ4n) is 2.05. The predicted molar refractivity (Wildman–Crippen MR) is 71.3 cm³/mol. The Kier molecular flexibility index (Phi) is 4.23. The summed E-state index contributed by atoms with van der Waals surface area (Å²) in [6.07, 6.45) is 3.13. The van der Waals surface area contributed by atoms with Gasteiger partial charge in [0.25, 0.3) is 0 Å². The van der Waals surface area contributed by atoms with E-state index >= 15 is 0 Å². The summed E-state index contributed by atoms with van der Waals surface area (Å²) in [5.41, 5.74) is 4.27. The highest BCUT2D eigenvalue weighted by Gasteiger charge is 2.35. The van der Waals surface area contributed by atoms with Gasteiger partial charge in [-0.15, -0.1) is 0 Å². The molecule has 2 heterocycles. The van der Waals surface area contributed by atoms with Crippen LogP contribution in [0, 0.1) is 0 Å². The summed E-state index contributed by atoms with van der Waals surface area (Å²) in [7, 11) is -2.33. The van der Waals surface area contributed by atoms with Crippen molar-refractivity contribution < 1.29 is 18.3 Å². The van der Waals surface area contributed by atoms with Crippen molar-refractivity contribution in [2.75, 3.05) is 32.5 Å². The van der Waals surface area contributed by atoms with E-state index < -0.39 is 15.6 Å². The summed E-state index contributed by atoms with van der Waals surface area (Å²) in [5, 5.41) is 10.4. The molecule has 8 nitrogen and oxygen atoms in total. The van der Waals surface area contributed by atoms with E-state index in [1.165, 1.54) is 7.05 Å². The number of hydrogen-bond acceptors (Lipinski definition) is 7. The Balaban J connectivity index is 2.14. The second-order valence-corrected chi connectivity index (χ2v) is 6.92. The standard InChI is InChI=1S/C11H18N4O4S/c1-15(8-11(16)2-4-19-5-3-11)20(17,18)9-6-13-10(12)14-7-9/h6-7,16H,2-5,8H2,1H3,(H2,12,13,14). The van der Waals surface area contributed by atoms with Gasteiger partial charge in [0.15, 0.2) is 0 Å². The van der Waals surface area contributed by atoms with Crippen LogP contribution in [0.1, 0.15) is 12.8 Å². The van der Waals surface area contributed by atoms with Crippen LogP contribution in [0.2, 0.25) is 0 Å². The molecule has 0 bridgehead atoms. The molecule has 0 unspecified atom stereocenters. The third kappa shape index (κ3) is 3.23. The van der Waals surface area contributed by atoms with Crippen molar-refractivity contribution >= 4 is 16.0 Å². The average molecular weight is 302 g/mol. The Morgan fingerprint density at radius 2 is 1.95 bits per heavy atom. The van der Waals surface area contributed by atoms with Gasteiger partial charge in [-0.25, -0.2) is 18.4 Å². The maximum atomic E-state index is 12.3. The molecule has 3 N–H and O–H groups in total. The summed E-state index contributed by atoms with van der Waals surface area (Å²) < 4.78 is 30.9. The fourth-order valence-corrected chi connectivity index (χ4v) is 3.19. The van der Waals surface area contributed by atoms with Crippen molar-refractivity contribution in [1.82, 2.24) is 14.3 Å². The van der Waals surface area contributed by atoms with Gasteiger partial charge in [-0.3, -0.25) is 0 Å². The van der Waals surface area contributed by atoms with Crippen LogP contribution >= 0.6 is 0 Å². The van der Waals surface area contributed by atoms with Gasteiger partial charge in [-0.05, 0) is 0 Å². The maximum absolute atomic E-state index is 12.3. The summed E-state index contributed by atoms with van der Waals surface area (Å²) in [4.78, 5) is 7.29. The molecular weight excluding hydrogens is 284 g/mol. The molecule has 0 aromatic carbocycles. The zero-order valence-electron chi connectivity index (χ0n) is 11.2. The molecule has 0 amide bonds. The molecule has 1 saturated heterocycles. The van der Waals surface area contributed by atoms with Crippen LogP contribution in [0.25, 0.3) is 0 Å². The number of nitrogens with zero attached hydrogens (tertiary/aromatic N) is 3. The number of nitrogens with two attached hydrogens (primary N) is 1. The van der Waals surface area contributed by atoms with Gasteiger partial charge in [0.1, 0.15) is 4.90 Å². The van der Waals surface area contributed by atoms with Crippen molar-refractivity contribution in [3.8, 4) is 0 Å². The molecular formula is C11H18N4O4S. The lowest BCUT2D eigenvalue weighted by atomic mass is 9.95. The largest absolute Gasteiger partial charge is 0.388 e. The third-order valence-electron chi connectivity index (χ3n) is 3.30. The first-order valence-electron chi connectivity index (χ1n) is 6.17. The number of ether oxygens (including phenoxy) is 1. The van der Waals surface area contributed by atoms with Crippen molar-refractivity contribution in [3.05, 3.63) is 12.4 Å². The van der Waals surface area contributed by atoms with Crippen LogP contribution in [0.3, 0.4) is 0 Å². The number of hydrogen-bond donors (Lipinski definition) is 2. The predicted octanol–water partition coefficient (Wildman–Crippen LogP) is -0.779. The molecule has 1 aromatic rings. The van der Waals surface area contributed by atoms with Crippen molar-refractivity contribution in [3.63, 3.8) is 0 Å². The van der Waals surface area contributed by atoms with Gasteiger partial charge >= 0.3 is 0 Å². The third-order valence-corrected chi connectivity index (χ3v) is 5.05. The molecule has 1 aliphatic rings. The van der Waals surface area contributed by atoms with Gasteiger partial charge < -0.3 is 15.6 Å². The number of anilines is 1. The van der Waals surface area contributed by atoms with E-state index in [0.717, 1.165) is 16.7 Å². The number of aliphatic hydroxyl groups is 1. The molecule has 20 heavy (non-hydrogen) atoms. The van der Waals surface area contributed by atoms with E-state index in [1.54, 1.807) is 0 Å². The lowest BCUT2D eigenvalue weighted by molar-refractivity contribution is -0.0689. The van der Waals surface area contributed by atoms with Gasteiger partial charge in [-0.1, -0.05) is 0 Å². The van der Waals surface area contributed by atoms with Crippen molar-refractivity contribution in [1.29, 1.82) is 0 Å². The fraction of sp³-hybridized carbons (Fsp3) is 0.636. The number of likely N-dealkylation sites (N-methyl/N-ethyl adjacent to an activating group) is 1.